The predicted molar refractivity (Wildman–Crippen MR) is 150 cm³/mol. The molecule has 0 saturated heterocycles. The van der Waals surface area contributed by atoms with Crippen molar-refractivity contribution in [3.63, 3.8) is 0 Å². The van der Waals surface area contributed by atoms with Crippen LogP contribution in [-0.4, -0.2) is 46.6 Å². The first-order chi connectivity index (χ1) is 17.7. The number of carbonyl (C=O) groups excluding carboxylic acids is 2. The summed E-state index contributed by atoms with van der Waals surface area (Å²) in [5, 5.41) is 9.16. The molecule has 1 aliphatic carbocycles. The van der Waals surface area contributed by atoms with E-state index in [4.69, 9.17) is 5.73 Å². The Balaban J connectivity index is 0.00000380. The van der Waals surface area contributed by atoms with Crippen LogP contribution >= 0.6 is 11.9 Å². The number of aliphatic carboxylic acids is 1. The van der Waals surface area contributed by atoms with Crippen LogP contribution in [0, 0.1) is 12.8 Å². The average Bonchev–Trinajstić information content (AvgIpc) is 2.88. The fraction of sp³-hybridized carbons (Fsp3) is 0.483. The zero-order valence-electron chi connectivity index (χ0n) is 23.9. The third kappa shape index (κ3) is 9.90. The molecule has 1 atom stereocenters. The van der Waals surface area contributed by atoms with Gasteiger partial charge in [0.05, 0.1) is 0 Å². The van der Waals surface area contributed by atoms with Gasteiger partial charge in [-0.2, -0.15) is 0 Å². The smallest absolute Gasteiger partial charge is 1.00 e. The SMILES string of the molecule is Cc1ccccc1-c1cc(CN(C)CCC2CCCCC2)ccc1C(=O)SNC(CCC(N)=O)C(=O)O.[H-].[Li+]. The first-order valence-corrected chi connectivity index (χ1v) is 13.9. The minimum Gasteiger partial charge on any atom is -1.00 e. The number of nitrogens with two attached hydrogens (primary N) is 1. The number of aryl methyl sites for hydroxylation is 1. The normalized spacial score (nSPS) is 14.6. The molecule has 1 amide bonds. The summed E-state index contributed by atoms with van der Waals surface area (Å²) in [4.78, 5) is 38.2. The number of primary amides is 1. The number of carbonyl (C=O) groups is 3. The van der Waals surface area contributed by atoms with Crippen LogP contribution < -0.4 is 29.3 Å². The van der Waals surface area contributed by atoms with Gasteiger partial charge in [0, 0.05) is 30.5 Å². The summed E-state index contributed by atoms with van der Waals surface area (Å²) >= 11 is 0.744. The maximum Gasteiger partial charge on any atom is 1.00 e. The Kier molecular flexibility index (Phi) is 13.6. The molecule has 202 valence electrons. The molecule has 0 aliphatic heterocycles. The zero-order chi connectivity index (χ0) is 26.8. The van der Waals surface area contributed by atoms with Crippen LogP contribution in [0.25, 0.3) is 11.1 Å². The molecule has 0 aromatic heterocycles. The van der Waals surface area contributed by atoms with Gasteiger partial charge in [0.15, 0.2) is 0 Å². The molecular formula is C29H40LiN3O4S. The number of benzene rings is 2. The van der Waals surface area contributed by atoms with Gasteiger partial charge in [-0.1, -0.05) is 62.4 Å². The van der Waals surface area contributed by atoms with E-state index in [-0.39, 0.29) is 38.2 Å². The van der Waals surface area contributed by atoms with Crippen LogP contribution in [-0.2, 0) is 16.1 Å². The standard InChI is InChI=1S/C29H39N3O4S.Li.H/c1-20-8-6-7-11-23(20)25-18-22(19-32(2)17-16-21-9-4-3-5-10-21)12-13-24(25)29(36)37-31-26(28(34)35)14-15-27(30)33;;/h6-8,11-13,18,21,26,31H,3-5,9-10,14-17,19H2,1-2H3,(H2,30,33)(H,34,35);;/q;+1;-1. The van der Waals surface area contributed by atoms with Gasteiger partial charge < -0.3 is 17.2 Å². The van der Waals surface area contributed by atoms with E-state index in [2.05, 4.69) is 22.7 Å². The number of hydrogen-bond donors (Lipinski definition) is 3. The van der Waals surface area contributed by atoms with E-state index in [1.54, 1.807) is 0 Å². The molecule has 7 nitrogen and oxygen atoms in total. The van der Waals surface area contributed by atoms with Gasteiger partial charge in [0.1, 0.15) is 6.04 Å². The first-order valence-electron chi connectivity index (χ1n) is 13.1. The minimum atomic E-state index is -1.13. The van der Waals surface area contributed by atoms with Crippen molar-refractivity contribution < 1.29 is 39.8 Å². The quantitative estimate of drug-likeness (QED) is 0.268. The number of hydrogen-bond acceptors (Lipinski definition) is 6. The maximum atomic E-state index is 13.2. The Bertz CT molecular complexity index is 1100. The van der Waals surface area contributed by atoms with Crippen molar-refractivity contribution in [2.75, 3.05) is 13.6 Å². The largest absolute Gasteiger partial charge is 1.00 e. The van der Waals surface area contributed by atoms with Crippen LogP contribution in [0.15, 0.2) is 42.5 Å². The minimum absolute atomic E-state index is 0. The van der Waals surface area contributed by atoms with Gasteiger partial charge in [-0.15, -0.1) is 0 Å². The Morgan fingerprint density at radius 1 is 1.13 bits per heavy atom. The van der Waals surface area contributed by atoms with E-state index in [1.807, 2.05) is 43.3 Å². The summed E-state index contributed by atoms with van der Waals surface area (Å²) in [5.74, 6) is -0.876. The van der Waals surface area contributed by atoms with Crippen LogP contribution in [0.2, 0.25) is 0 Å². The molecule has 9 heteroatoms. The fourth-order valence-electron chi connectivity index (χ4n) is 4.93. The summed E-state index contributed by atoms with van der Waals surface area (Å²) < 4.78 is 2.71. The van der Waals surface area contributed by atoms with Crippen molar-refractivity contribution >= 4 is 28.9 Å². The second-order valence-corrected chi connectivity index (χ2v) is 10.9. The van der Waals surface area contributed by atoms with Crippen LogP contribution in [0.1, 0.15) is 74.3 Å². The zero-order valence-corrected chi connectivity index (χ0v) is 23.7. The second-order valence-electron chi connectivity index (χ2n) is 10.1. The summed E-state index contributed by atoms with van der Waals surface area (Å²) in [6, 6.07) is 12.8. The average molecular weight is 534 g/mol. The van der Waals surface area contributed by atoms with E-state index in [1.165, 1.54) is 38.5 Å². The molecule has 1 fully saturated rings. The monoisotopic (exact) mass is 533 g/mol. The number of carboxylic acid groups (broad SMARTS) is 1. The van der Waals surface area contributed by atoms with Crippen LogP contribution in [0.5, 0.6) is 0 Å². The third-order valence-corrected chi connectivity index (χ3v) is 7.91. The van der Waals surface area contributed by atoms with Crippen molar-refractivity contribution in [2.24, 2.45) is 11.7 Å². The van der Waals surface area contributed by atoms with Crippen molar-refractivity contribution in [3.8, 4) is 11.1 Å². The molecule has 0 bridgehead atoms. The van der Waals surface area contributed by atoms with Gasteiger partial charge in [0.25, 0.3) is 0 Å². The molecule has 1 aliphatic rings. The topological polar surface area (TPSA) is 113 Å². The Labute approximate surface area is 244 Å². The first kappa shape index (κ1) is 32.1. The molecule has 2 aromatic carbocycles. The molecule has 3 rings (SSSR count). The number of nitrogens with zero attached hydrogens (tertiary/aromatic N) is 1. The van der Waals surface area contributed by atoms with Crippen molar-refractivity contribution in [3.05, 3.63) is 59.2 Å². The Morgan fingerprint density at radius 3 is 2.50 bits per heavy atom. The second kappa shape index (κ2) is 16.1. The van der Waals surface area contributed by atoms with Gasteiger partial charge in [-0.25, -0.2) is 4.72 Å². The van der Waals surface area contributed by atoms with Gasteiger partial charge >= 0.3 is 24.8 Å². The van der Waals surface area contributed by atoms with Gasteiger partial charge in [-0.3, -0.25) is 14.4 Å². The molecular weight excluding hydrogens is 493 g/mol. The number of rotatable bonds is 13. The summed E-state index contributed by atoms with van der Waals surface area (Å²) in [5.41, 5.74) is 9.66. The Hall–Kier alpha value is -2.08. The van der Waals surface area contributed by atoms with Gasteiger partial charge in [0.2, 0.25) is 11.0 Å². The van der Waals surface area contributed by atoms with Crippen molar-refractivity contribution in [1.29, 1.82) is 0 Å². The molecule has 1 unspecified atom stereocenters. The third-order valence-electron chi connectivity index (χ3n) is 7.11. The van der Waals surface area contributed by atoms with Crippen molar-refractivity contribution in [1.82, 2.24) is 9.62 Å². The number of nitrogens with one attached hydrogen (secondary N) is 1. The molecule has 0 spiro atoms. The van der Waals surface area contributed by atoms with Gasteiger partial charge in [-0.05, 0) is 73.7 Å². The fourth-order valence-corrected chi connectivity index (χ4v) is 5.69. The van der Waals surface area contributed by atoms with E-state index in [0.717, 1.165) is 53.2 Å². The summed E-state index contributed by atoms with van der Waals surface area (Å²) in [6.07, 6.45) is 7.94. The molecule has 1 saturated carbocycles. The molecule has 0 radical (unpaired) electrons. The maximum absolute atomic E-state index is 13.2. The van der Waals surface area contributed by atoms with E-state index >= 15 is 0 Å². The summed E-state index contributed by atoms with van der Waals surface area (Å²) in [6.45, 7) is 3.86. The van der Waals surface area contributed by atoms with Crippen LogP contribution in [0.3, 0.4) is 0 Å². The molecule has 0 heterocycles. The predicted octanol–water partition coefficient (Wildman–Crippen LogP) is 2.28. The Morgan fingerprint density at radius 2 is 1.84 bits per heavy atom. The molecule has 2 aromatic rings. The van der Waals surface area contributed by atoms with E-state index < -0.39 is 17.9 Å². The number of amides is 1. The summed E-state index contributed by atoms with van der Waals surface area (Å²) in [7, 11) is 2.15. The molecule has 4 N–H and O–H groups in total. The van der Waals surface area contributed by atoms with Crippen LogP contribution in [0.4, 0.5) is 0 Å². The van der Waals surface area contributed by atoms with Crippen molar-refractivity contribution in [2.45, 2.75) is 70.9 Å². The van der Waals surface area contributed by atoms with E-state index in [9.17, 15) is 19.5 Å². The van der Waals surface area contributed by atoms with E-state index in [0.29, 0.717) is 5.56 Å². The molecule has 38 heavy (non-hydrogen) atoms. The number of carboxylic acids is 1.